The first-order valence-corrected chi connectivity index (χ1v) is 11.9. The highest BCUT2D eigenvalue weighted by Crippen LogP contribution is 2.26. The van der Waals surface area contributed by atoms with E-state index in [0.717, 1.165) is 0 Å². The van der Waals surface area contributed by atoms with E-state index < -0.39 is 31.9 Å². The summed E-state index contributed by atoms with van der Waals surface area (Å²) in [7, 11) is -4.05. The second kappa shape index (κ2) is 8.52. The lowest BCUT2D eigenvalue weighted by Gasteiger charge is -2.34. The number of urea groups is 1. The van der Waals surface area contributed by atoms with E-state index in [-0.39, 0.29) is 30.2 Å². The SMILES string of the molecule is O=C(NC1CCCN(S(=O)(=O)c2cccc(Cl)c2F)C1)N1CC[S+]([O-])CC1. The molecule has 0 aliphatic carbocycles. The minimum atomic E-state index is -4.05. The molecule has 11 heteroatoms. The van der Waals surface area contributed by atoms with Crippen molar-refractivity contribution >= 4 is 38.8 Å². The van der Waals surface area contributed by atoms with Gasteiger partial charge in [-0.2, -0.15) is 4.31 Å². The fourth-order valence-corrected chi connectivity index (χ4v) is 6.10. The Kier molecular flexibility index (Phi) is 6.52. The number of sulfonamides is 1. The lowest BCUT2D eigenvalue weighted by atomic mass is 10.1. The first-order chi connectivity index (χ1) is 12.8. The maximum Gasteiger partial charge on any atom is 0.317 e. The molecular formula is C16H21ClFN3O4S2. The predicted molar refractivity (Wildman–Crippen MR) is 101 cm³/mol. The summed E-state index contributed by atoms with van der Waals surface area (Å²) in [6.45, 7) is 1.16. The van der Waals surface area contributed by atoms with Gasteiger partial charge in [-0.15, -0.1) is 0 Å². The first-order valence-electron chi connectivity index (χ1n) is 8.63. The number of nitrogens with zero attached hydrogens (tertiary/aromatic N) is 2. The van der Waals surface area contributed by atoms with Crippen molar-refractivity contribution in [2.24, 2.45) is 0 Å². The van der Waals surface area contributed by atoms with E-state index in [1.54, 1.807) is 4.90 Å². The van der Waals surface area contributed by atoms with Gasteiger partial charge in [-0.25, -0.2) is 17.6 Å². The maximum absolute atomic E-state index is 14.2. The van der Waals surface area contributed by atoms with E-state index in [4.69, 9.17) is 11.6 Å². The van der Waals surface area contributed by atoms with Gasteiger partial charge in [0.05, 0.1) is 18.1 Å². The fourth-order valence-electron chi connectivity index (χ4n) is 3.21. The molecule has 2 aliphatic rings. The Morgan fingerprint density at radius 1 is 1.30 bits per heavy atom. The van der Waals surface area contributed by atoms with Crippen LogP contribution in [0.1, 0.15) is 12.8 Å². The second-order valence-electron chi connectivity index (χ2n) is 6.54. The van der Waals surface area contributed by atoms with E-state index >= 15 is 0 Å². The highest BCUT2D eigenvalue weighted by atomic mass is 35.5. The molecule has 3 rings (SSSR count). The minimum Gasteiger partial charge on any atom is -0.616 e. The van der Waals surface area contributed by atoms with Crippen LogP contribution < -0.4 is 5.32 Å². The van der Waals surface area contributed by atoms with E-state index in [2.05, 4.69) is 5.32 Å². The van der Waals surface area contributed by atoms with E-state index in [1.165, 1.54) is 22.5 Å². The van der Waals surface area contributed by atoms with E-state index in [1.807, 2.05) is 0 Å². The van der Waals surface area contributed by atoms with Gasteiger partial charge in [0, 0.05) is 19.1 Å². The predicted octanol–water partition coefficient (Wildman–Crippen LogP) is 1.41. The molecule has 1 aromatic carbocycles. The average molecular weight is 438 g/mol. The summed E-state index contributed by atoms with van der Waals surface area (Å²) in [6.07, 6.45) is 1.19. The van der Waals surface area contributed by atoms with Crippen molar-refractivity contribution in [2.75, 3.05) is 37.7 Å². The number of piperidine rings is 1. The number of nitrogens with one attached hydrogen (secondary N) is 1. The number of hydrogen-bond donors (Lipinski definition) is 1. The molecular weight excluding hydrogens is 417 g/mol. The van der Waals surface area contributed by atoms with Crippen LogP contribution in [0.5, 0.6) is 0 Å². The highest BCUT2D eigenvalue weighted by Gasteiger charge is 2.34. The Morgan fingerprint density at radius 3 is 2.70 bits per heavy atom. The second-order valence-corrected chi connectivity index (χ2v) is 10.5. The number of rotatable bonds is 3. The van der Waals surface area contributed by atoms with Gasteiger partial charge in [0.25, 0.3) is 0 Å². The average Bonchev–Trinajstić information content (AvgIpc) is 2.64. The third-order valence-corrected chi connectivity index (χ3v) is 8.16. The van der Waals surface area contributed by atoms with Crippen LogP contribution in [-0.2, 0) is 21.2 Å². The number of halogens is 2. The number of carbonyl (C=O) groups excluding carboxylic acids is 1. The number of benzene rings is 1. The molecule has 0 bridgehead atoms. The Bertz CT molecular complexity index is 803. The van der Waals surface area contributed by atoms with Crippen LogP contribution in [-0.4, -0.2) is 71.9 Å². The number of carbonyl (C=O) groups is 1. The third kappa shape index (κ3) is 4.68. The smallest absolute Gasteiger partial charge is 0.317 e. The van der Waals surface area contributed by atoms with Crippen molar-refractivity contribution in [3.05, 3.63) is 29.0 Å². The largest absolute Gasteiger partial charge is 0.616 e. The van der Waals surface area contributed by atoms with E-state index in [0.29, 0.717) is 37.4 Å². The summed E-state index contributed by atoms with van der Waals surface area (Å²) < 4.78 is 52.4. The van der Waals surface area contributed by atoms with Crippen molar-refractivity contribution in [1.82, 2.24) is 14.5 Å². The zero-order chi connectivity index (χ0) is 19.6. The quantitative estimate of drug-likeness (QED) is 0.723. The summed E-state index contributed by atoms with van der Waals surface area (Å²) in [5.74, 6) is -0.0640. The molecule has 0 spiro atoms. The Labute approximate surface area is 166 Å². The summed E-state index contributed by atoms with van der Waals surface area (Å²) >= 11 is 4.83. The molecule has 1 N–H and O–H groups in total. The van der Waals surface area contributed by atoms with Gasteiger partial charge >= 0.3 is 6.03 Å². The van der Waals surface area contributed by atoms with Gasteiger partial charge in [-0.05, 0) is 25.0 Å². The molecule has 2 aliphatic heterocycles. The topological polar surface area (TPSA) is 92.8 Å². The molecule has 27 heavy (non-hydrogen) atoms. The van der Waals surface area contributed by atoms with Crippen molar-refractivity contribution in [1.29, 1.82) is 0 Å². The van der Waals surface area contributed by atoms with Crippen molar-refractivity contribution in [2.45, 2.75) is 23.8 Å². The summed E-state index contributed by atoms with van der Waals surface area (Å²) in [6, 6.07) is 3.22. The molecule has 2 heterocycles. The highest BCUT2D eigenvalue weighted by molar-refractivity contribution is 7.91. The molecule has 2 amide bonds. The van der Waals surface area contributed by atoms with Crippen LogP contribution in [0.2, 0.25) is 5.02 Å². The number of hydrogen-bond acceptors (Lipinski definition) is 4. The summed E-state index contributed by atoms with van der Waals surface area (Å²) in [5.41, 5.74) is 0. The number of amides is 2. The molecule has 7 nitrogen and oxygen atoms in total. The molecule has 0 radical (unpaired) electrons. The molecule has 1 aromatic rings. The van der Waals surface area contributed by atoms with E-state index in [9.17, 15) is 22.2 Å². The van der Waals surface area contributed by atoms with Crippen molar-refractivity contribution in [3.63, 3.8) is 0 Å². The zero-order valence-electron chi connectivity index (χ0n) is 14.6. The van der Waals surface area contributed by atoms with Crippen LogP contribution in [0.3, 0.4) is 0 Å². The Balaban J connectivity index is 1.67. The molecule has 1 unspecified atom stereocenters. The van der Waals surface area contributed by atoms with Gasteiger partial charge in [-0.3, -0.25) is 0 Å². The molecule has 2 saturated heterocycles. The standard InChI is InChI=1S/C16H21ClFN3O4S2/c17-13-4-1-5-14(15(13)18)27(24,25)21-6-2-3-12(11-21)19-16(22)20-7-9-26(23)10-8-20/h1,4-5,12H,2-3,6-11H2,(H,19,22). The summed E-state index contributed by atoms with van der Waals surface area (Å²) in [4.78, 5) is 13.5. The van der Waals surface area contributed by atoms with Crippen LogP contribution >= 0.6 is 11.6 Å². The third-order valence-electron chi connectivity index (χ3n) is 4.71. The van der Waals surface area contributed by atoms with Gasteiger partial charge in [0.15, 0.2) is 5.82 Å². The Hall–Kier alpha value is -1.07. The van der Waals surface area contributed by atoms with Gasteiger partial charge in [0.1, 0.15) is 16.4 Å². The molecule has 150 valence electrons. The minimum absolute atomic E-state index is 0.0692. The lowest BCUT2D eigenvalue weighted by molar-refractivity contribution is 0.189. The Morgan fingerprint density at radius 2 is 2.00 bits per heavy atom. The monoisotopic (exact) mass is 437 g/mol. The van der Waals surface area contributed by atoms with Gasteiger partial charge < -0.3 is 14.8 Å². The lowest BCUT2D eigenvalue weighted by Crippen LogP contribution is -2.55. The maximum atomic E-state index is 14.2. The molecule has 2 fully saturated rings. The summed E-state index contributed by atoms with van der Waals surface area (Å²) in [5, 5.41) is 2.60. The van der Waals surface area contributed by atoms with Crippen LogP contribution in [0.15, 0.2) is 23.1 Å². The normalized spacial score (nSPS) is 22.6. The van der Waals surface area contributed by atoms with Crippen LogP contribution in [0.25, 0.3) is 0 Å². The molecule has 1 atom stereocenters. The van der Waals surface area contributed by atoms with Crippen molar-refractivity contribution in [3.8, 4) is 0 Å². The molecule has 0 aromatic heterocycles. The van der Waals surface area contributed by atoms with Crippen LogP contribution in [0.4, 0.5) is 9.18 Å². The van der Waals surface area contributed by atoms with Gasteiger partial charge in [-0.1, -0.05) is 28.8 Å². The first kappa shape index (κ1) is 20.7. The molecule has 0 saturated carbocycles. The zero-order valence-corrected chi connectivity index (χ0v) is 17.0. The van der Waals surface area contributed by atoms with Gasteiger partial charge in [0.2, 0.25) is 10.0 Å². The fraction of sp³-hybridized carbons (Fsp3) is 0.562. The van der Waals surface area contributed by atoms with Crippen molar-refractivity contribution < 1.29 is 22.2 Å². The van der Waals surface area contributed by atoms with Crippen LogP contribution in [0, 0.1) is 5.82 Å².